The maximum Gasteiger partial charge on any atom is 0.222 e. The third-order valence-corrected chi connectivity index (χ3v) is 2.16. The predicted molar refractivity (Wildman–Crippen MR) is 76.7 cm³/mol. The minimum atomic E-state index is -0.0944. The molecule has 2 aromatic rings. The third kappa shape index (κ3) is 6.16. The highest BCUT2D eigenvalue weighted by molar-refractivity contribution is 5.87. The van der Waals surface area contributed by atoms with E-state index < -0.39 is 0 Å². The molecule has 2 heterocycles. The molecule has 5 heteroatoms. The Hall–Kier alpha value is -2.43. The van der Waals surface area contributed by atoms with Gasteiger partial charge < -0.3 is 11.1 Å². The monoisotopic (exact) mass is 258 g/mol. The number of carbonyl (C=O) groups excluding carboxylic acids is 1. The topological polar surface area (TPSA) is 80.9 Å². The number of carbonyl (C=O) groups is 1. The standard InChI is InChI=1S/C8H10N2O.C6H8N2/c1-6-3-4-9-8(5-6)10-7(2)11;1-5-2-3-8-6(7)4-5/h3-5H,1-2H3,(H,9,10,11);2-4H,1H3,(H2,7,8). The van der Waals surface area contributed by atoms with Gasteiger partial charge in [0, 0.05) is 19.3 Å². The maximum absolute atomic E-state index is 10.6. The van der Waals surface area contributed by atoms with Crippen molar-refractivity contribution in [2.75, 3.05) is 11.1 Å². The summed E-state index contributed by atoms with van der Waals surface area (Å²) in [5.74, 6) is 1.10. The third-order valence-electron chi connectivity index (χ3n) is 2.16. The van der Waals surface area contributed by atoms with E-state index in [1.165, 1.54) is 6.92 Å². The van der Waals surface area contributed by atoms with Gasteiger partial charge in [-0.15, -0.1) is 0 Å². The Bertz CT molecular complexity index is 537. The number of nitrogen functional groups attached to an aromatic ring is 1. The summed E-state index contributed by atoms with van der Waals surface area (Å²) in [6.07, 6.45) is 3.37. The second kappa shape index (κ2) is 7.10. The minimum Gasteiger partial charge on any atom is -0.384 e. The van der Waals surface area contributed by atoms with Gasteiger partial charge in [-0.05, 0) is 49.2 Å². The first-order valence-electron chi connectivity index (χ1n) is 5.86. The molecule has 0 radical (unpaired) electrons. The van der Waals surface area contributed by atoms with Crippen LogP contribution < -0.4 is 11.1 Å². The lowest BCUT2D eigenvalue weighted by Gasteiger charge is -1.99. The van der Waals surface area contributed by atoms with Crippen molar-refractivity contribution in [2.24, 2.45) is 0 Å². The first-order chi connectivity index (χ1) is 8.97. The van der Waals surface area contributed by atoms with Gasteiger partial charge in [-0.2, -0.15) is 0 Å². The summed E-state index contributed by atoms with van der Waals surface area (Å²) < 4.78 is 0. The Morgan fingerprint density at radius 3 is 2.11 bits per heavy atom. The van der Waals surface area contributed by atoms with Crippen LogP contribution in [0.25, 0.3) is 0 Å². The average molecular weight is 258 g/mol. The minimum absolute atomic E-state index is 0.0944. The molecule has 0 bridgehead atoms. The van der Waals surface area contributed by atoms with Gasteiger partial charge in [-0.25, -0.2) is 9.97 Å². The molecule has 0 saturated carbocycles. The molecular formula is C14H18N4O. The van der Waals surface area contributed by atoms with E-state index in [4.69, 9.17) is 5.73 Å². The van der Waals surface area contributed by atoms with Gasteiger partial charge in [-0.3, -0.25) is 4.79 Å². The van der Waals surface area contributed by atoms with Crippen molar-refractivity contribution < 1.29 is 4.79 Å². The number of nitrogens with two attached hydrogens (primary N) is 1. The number of amides is 1. The van der Waals surface area contributed by atoms with Crippen molar-refractivity contribution in [1.29, 1.82) is 0 Å². The van der Waals surface area contributed by atoms with Crippen molar-refractivity contribution >= 4 is 17.5 Å². The van der Waals surface area contributed by atoms with E-state index >= 15 is 0 Å². The summed E-state index contributed by atoms with van der Waals surface area (Å²) in [5.41, 5.74) is 7.58. The van der Waals surface area contributed by atoms with Gasteiger partial charge in [0.15, 0.2) is 0 Å². The Morgan fingerprint density at radius 1 is 1.11 bits per heavy atom. The Labute approximate surface area is 112 Å². The van der Waals surface area contributed by atoms with E-state index in [1.54, 1.807) is 12.4 Å². The predicted octanol–water partition coefficient (Wildman–Crippen LogP) is 2.32. The van der Waals surface area contributed by atoms with E-state index in [1.807, 2.05) is 38.1 Å². The number of hydrogen-bond acceptors (Lipinski definition) is 4. The Morgan fingerprint density at radius 2 is 1.68 bits per heavy atom. The number of nitrogens with zero attached hydrogens (tertiary/aromatic N) is 2. The molecule has 5 nitrogen and oxygen atoms in total. The lowest BCUT2D eigenvalue weighted by atomic mass is 10.3. The molecular weight excluding hydrogens is 240 g/mol. The molecule has 0 aliphatic carbocycles. The maximum atomic E-state index is 10.6. The van der Waals surface area contributed by atoms with Gasteiger partial charge in [0.1, 0.15) is 11.6 Å². The van der Waals surface area contributed by atoms with Crippen LogP contribution in [-0.2, 0) is 4.79 Å². The summed E-state index contributed by atoms with van der Waals surface area (Å²) in [7, 11) is 0. The summed E-state index contributed by atoms with van der Waals surface area (Å²) in [6.45, 7) is 5.40. The largest absolute Gasteiger partial charge is 0.384 e. The SMILES string of the molecule is CC(=O)Nc1cc(C)ccn1.Cc1ccnc(N)c1. The summed E-state index contributed by atoms with van der Waals surface area (Å²) in [5, 5.41) is 2.60. The van der Waals surface area contributed by atoms with Gasteiger partial charge in [0.2, 0.25) is 5.91 Å². The van der Waals surface area contributed by atoms with E-state index in [0.717, 1.165) is 11.1 Å². The molecule has 1 amide bonds. The van der Waals surface area contributed by atoms with Crippen LogP contribution >= 0.6 is 0 Å². The molecule has 2 aromatic heterocycles. The Balaban J connectivity index is 0.000000200. The highest BCUT2D eigenvalue weighted by Gasteiger charge is 1.94. The first-order valence-corrected chi connectivity index (χ1v) is 5.86. The van der Waals surface area contributed by atoms with Crippen molar-refractivity contribution in [3.8, 4) is 0 Å². The summed E-state index contributed by atoms with van der Waals surface area (Å²) >= 11 is 0. The van der Waals surface area contributed by atoms with Gasteiger partial charge in [0.25, 0.3) is 0 Å². The number of rotatable bonds is 1. The second-order valence-electron chi connectivity index (χ2n) is 4.16. The quantitative estimate of drug-likeness (QED) is 0.822. The first kappa shape index (κ1) is 14.6. The second-order valence-corrected chi connectivity index (χ2v) is 4.16. The van der Waals surface area contributed by atoms with E-state index in [9.17, 15) is 4.79 Å². The highest BCUT2D eigenvalue weighted by Crippen LogP contribution is 2.04. The molecule has 0 aliphatic rings. The Kier molecular flexibility index (Phi) is 5.47. The van der Waals surface area contributed by atoms with E-state index in [-0.39, 0.29) is 5.91 Å². The lowest BCUT2D eigenvalue weighted by Crippen LogP contribution is -2.07. The van der Waals surface area contributed by atoms with Crippen LogP contribution in [-0.4, -0.2) is 15.9 Å². The van der Waals surface area contributed by atoms with Crippen LogP contribution in [0, 0.1) is 13.8 Å². The van der Waals surface area contributed by atoms with Crippen LogP contribution in [0.1, 0.15) is 18.1 Å². The summed E-state index contributed by atoms with van der Waals surface area (Å²) in [6, 6.07) is 7.45. The molecule has 0 aliphatic heterocycles. The van der Waals surface area contributed by atoms with Crippen LogP contribution in [0.4, 0.5) is 11.6 Å². The smallest absolute Gasteiger partial charge is 0.222 e. The number of aryl methyl sites for hydroxylation is 2. The molecule has 0 spiro atoms. The molecule has 19 heavy (non-hydrogen) atoms. The molecule has 0 saturated heterocycles. The molecule has 2 rings (SSSR count). The summed E-state index contributed by atoms with van der Waals surface area (Å²) in [4.78, 5) is 18.3. The van der Waals surface area contributed by atoms with Crippen molar-refractivity contribution in [1.82, 2.24) is 9.97 Å². The molecule has 100 valence electrons. The van der Waals surface area contributed by atoms with E-state index in [2.05, 4.69) is 15.3 Å². The number of pyridine rings is 2. The molecule has 0 aromatic carbocycles. The van der Waals surface area contributed by atoms with Crippen molar-refractivity contribution in [3.05, 3.63) is 47.8 Å². The number of anilines is 2. The van der Waals surface area contributed by atoms with Crippen LogP contribution in [0.3, 0.4) is 0 Å². The van der Waals surface area contributed by atoms with Gasteiger partial charge in [-0.1, -0.05) is 0 Å². The van der Waals surface area contributed by atoms with Crippen LogP contribution in [0.15, 0.2) is 36.7 Å². The zero-order valence-corrected chi connectivity index (χ0v) is 11.3. The molecule has 0 fully saturated rings. The van der Waals surface area contributed by atoms with Gasteiger partial charge >= 0.3 is 0 Å². The van der Waals surface area contributed by atoms with Crippen LogP contribution in [0.5, 0.6) is 0 Å². The highest BCUT2D eigenvalue weighted by atomic mass is 16.1. The van der Waals surface area contributed by atoms with Gasteiger partial charge in [0.05, 0.1) is 0 Å². The number of hydrogen-bond donors (Lipinski definition) is 2. The fourth-order valence-electron chi connectivity index (χ4n) is 1.34. The van der Waals surface area contributed by atoms with E-state index in [0.29, 0.717) is 11.6 Å². The van der Waals surface area contributed by atoms with Crippen molar-refractivity contribution in [2.45, 2.75) is 20.8 Å². The normalized spacial score (nSPS) is 9.21. The van der Waals surface area contributed by atoms with Crippen molar-refractivity contribution in [3.63, 3.8) is 0 Å². The lowest BCUT2D eigenvalue weighted by molar-refractivity contribution is -0.114. The van der Waals surface area contributed by atoms with Crippen LogP contribution in [0.2, 0.25) is 0 Å². The molecule has 0 unspecified atom stereocenters. The molecule has 3 N–H and O–H groups in total. The fourth-order valence-corrected chi connectivity index (χ4v) is 1.34. The molecule has 0 atom stereocenters. The fraction of sp³-hybridized carbons (Fsp3) is 0.214. The number of nitrogens with one attached hydrogen (secondary N) is 1. The zero-order chi connectivity index (χ0) is 14.3. The zero-order valence-electron chi connectivity index (χ0n) is 11.3. The average Bonchev–Trinajstić information content (AvgIpc) is 2.28. The number of aromatic nitrogens is 2.